The number of amides is 1. The van der Waals surface area contributed by atoms with Gasteiger partial charge < -0.3 is 10.1 Å². The molecule has 0 saturated carbocycles. The van der Waals surface area contributed by atoms with Crippen molar-refractivity contribution in [3.8, 4) is 0 Å². The first-order valence-corrected chi connectivity index (χ1v) is 12.0. The van der Waals surface area contributed by atoms with E-state index in [1.54, 1.807) is 10.6 Å². The number of rotatable bonds is 10. The molecule has 0 aliphatic carbocycles. The summed E-state index contributed by atoms with van der Waals surface area (Å²) in [4.78, 5) is 30.2. The second kappa shape index (κ2) is 11.0. The van der Waals surface area contributed by atoms with Crippen LogP contribution in [0.25, 0.3) is 10.9 Å². The van der Waals surface area contributed by atoms with Gasteiger partial charge >= 0.3 is 0 Å². The summed E-state index contributed by atoms with van der Waals surface area (Å²) in [6.07, 6.45) is 5.25. The summed E-state index contributed by atoms with van der Waals surface area (Å²) in [5.74, 6) is 0.899. The standard InChI is InChI=1S/C23H33N3O3S/c1-16(2)8-6-9-17(3)24-21(27)15-30-23-25-20-12-5-4-11-19(20)22(28)26(23)14-18-10-7-13-29-18/h4-5,11-12,16-18H,6-10,13-15H2,1-3H3,(H,24,27)/t17-,18-/m0/s1. The summed E-state index contributed by atoms with van der Waals surface area (Å²) in [5, 5.41) is 4.25. The van der Waals surface area contributed by atoms with E-state index in [2.05, 4.69) is 24.1 Å². The van der Waals surface area contributed by atoms with Gasteiger partial charge in [-0.25, -0.2) is 4.98 Å². The summed E-state index contributed by atoms with van der Waals surface area (Å²) < 4.78 is 7.42. The van der Waals surface area contributed by atoms with Crippen molar-refractivity contribution in [1.82, 2.24) is 14.9 Å². The van der Waals surface area contributed by atoms with Gasteiger partial charge in [0.25, 0.3) is 5.56 Å². The van der Waals surface area contributed by atoms with Crippen LogP contribution in [0.15, 0.2) is 34.2 Å². The molecule has 1 aromatic heterocycles. The van der Waals surface area contributed by atoms with Crippen LogP contribution in [-0.2, 0) is 16.1 Å². The molecular weight excluding hydrogens is 398 g/mol. The van der Waals surface area contributed by atoms with Gasteiger partial charge in [0, 0.05) is 12.6 Å². The van der Waals surface area contributed by atoms with E-state index >= 15 is 0 Å². The third kappa shape index (κ3) is 6.32. The Morgan fingerprint density at radius 2 is 2.10 bits per heavy atom. The lowest BCUT2D eigenvalue weighted by Gasteiger charge is -2.17. The summed E-state index contributed by atoms with van der Waals surface area (Å²) in [6, 6.07) is 7.52. The molecule has 1 N–H and O–H groups in total. The number of carbonyl (C=O) groups is 1. The smallest absolute Gasteiger partial charge is 0.262 e. The molecule has 30 heavy (non-hydrogen) atoms. The van der Waals surface area contributed by atoms with Crippen molar-refractivity contribution in [1.29, 1.82) is 0 Å². The molecule has 1 fully saturated rings. The highest BCUT2D eigenvalue weighted by molar-refractivity contribution is 7.99. The molecule has 1 aliphatic rings. The summed E-state index contributed by atoms with van der Waals surface area (Å²) >= 11 is 1.32. The fraction of sp³-hybridized carbons (Fsp3) is 0.609. The van der Waals surface area contributed by atoms with Gasteiger partial charge in [0.05, 0.1) is 29.3 Å². The minimum Gasteiger partial charge on any atom is -0.376 e. The van der Waals surface area contributed by atoms with Gasteiger partial charge in [-0.2, -0.15) is 0 Å². The Kier molecular flexibility index (Phi) is 8.33. The number of hydrogen-bond donors (Lipinski definition) is 1. The van der Waals surface area contributed by atoms with E-state index in [1.807, 2.05) is 25.1 Å². The fourth-order valence-corrected chi connectivity index (χ4v) is 4.58. The zero-order chi connectivity index (χ0) is 21.5. The number of nitrogens with zero attached hydrogens (tertiary/aromatic N) is 2. The summed E-state index contributed by atoms with van der Waals surface area (Å²) in [7, 11) is 0. The number of thioether (sulfide) groups is 1. The number of carbonyl (C=O) groups excluding carboxylic acids is 1. The molecule has 1 aromatic carbocycles. The maximum absolute atomic E-state index is 13.1. The Balaban J connectivity index is 1.68. The van der Waals surface area contributed by atoms with Gasteiger partial charge in [0.15, 0.2) is 5.16 Å². The van der Waals surface area contributed by atoms with Gasteiger partial charge in [-0.05, 0) is 44.2 Å². The van der Waals surface area contributed by atoms with Crippen molar-refractivity contribution in [2.45, 2.75) is 76.7 Å². The van der Waals surface area contributed by atoms with Crippen LogP contribution in [0, 0.1) is 5.92 Å². The molecule has 164 valence electrons. The minimum absolute atomic E-state index is 0.0249. The van der Waals surface area contributed by atoms with Crippen molar-refractivity contribution >= 4 is 28.6 Å². The van der Waals surface area contributed by atoms with Crippen LogP contribution in [0.4, 0.5) is 0 Å². The second-order valence-corrected chi connectivity index (χ2v) is 9.49. The lowest BCUT2D eigenvalue weighted by atomic mass is 10.0. The van der Waals surface area contributed by atoms with Crippen LogP contribution < -0.4 is 10.9 Å². The van der Waals surface area contributed by atoms with Gasteiger partial charge in [0.2, 0.25) is 5.91 Å². The zero-order valence-electron chi connectivity index (χ0n) is 18.2. The first-order valence-electron chi connectivity index (χ1n) is 11.0. The van der Waals surface area contributed by atoms with Crippen molar-refractivity contribution in [2.24, 2.45) is 5.92 Å². The van der Waals surface area contributed by atoms with Crippen LogP contribution in [0.5, 0.6) is 0 Å². The highest BCUT2D eigenvalue weighted by atomic mass is 32.2. The fourth-order valence-electron chi connectivity index (χ4n) is 3.76. The molecule has 1 aliphatic heterocycles. The first-order chi connectivity index (χ1) is 14.4. The van der Waals surface area contributed by atoms with Crippen LogP contribution in [0.2, 0.25) is 0 Å². The Labute approximate surface area is 182 Å². The number of ether oxygens (including phenoxy) is 1. The molecule has 1 saturated heterocycles. The van der Waals surface area contributed by atoms with Crippen LogP contribution in [0.3, 0.4) is 0 Å². The average molecular weight is 432 g/mol. The zero-order valence-corrected chi connectivity index (χ0v) is 19.0. The molecule has 1 amide bonds. The van der Waals surface area contributed by atoms with E-state index in [-0.39, 0.29) is 29.4 Å². The monoisotopic (exact) mass is 431 g/mol. The van der Waals surface area contributed by atoms with E-state index in [9.17, 15) is 9.59 Å². The molecular formula is C23H33N3O3S. The number of nitrogens with one attached hydrogen (secondary N) is 1. The molecule has 2 aromatic rings. The molecule has 2 heterocycles. The first kappa shape index (κ1) is 22.8. The van der Waals surface area contributed by atoms with Crippen molar-refractivity contribution in [2.75, 3.05) is 12.4 Å². The van der Waals surface area contributed by atoms with Gasteiger partial charge in [-0.1, -0.05) is 50.6 Å². The molecule has 0 bridgehead atoms. The normalized spacial score (nSPS) is 17.5. The number of benzene rings is 1. The third-order valence-corrected chi connectivity index (χ3v) is 6.37. The number of para-hydroxylation sites is 1. The topological polar surface area (TPSA) is 73.2 Å². The number of hydrogen-bond acceptors (Lipinski definition) is 5. The van der Waals surface area contributed by atoms with E-state index in [1.165, 1.54) is 18.2 Å². The lowest BCUT2D eigenvalue weighted by molar-refractivity contribution is -0.119. The highest BCUT2D eigenvalue weighted by Crippen LogP contribution is 2.21. The Bertz CT molecular complexity index is 906. The van der Waals surface area contributed by atoms with Gasteiger partial charge in [-0.3, -0.25) is 14.2 Å². The SMILES string of the molecule is CC(C)CCC[C@H](C)NC(=O)CSc1nc2ccccc2c(=O)n1C[C@@H]1CCCO1. The van der Waals surface area contributed by atoms with E-state index in [0.29, 0.717) is 28.5 Å². The third-order valence-electron chi connectivity index (χ3n) is 5.40. The summed E-state index contributed by atoms with van der Waals surface area (Å²) in [6.45, 7) is 7.69. The molecule has 3 rings (SSSR count). The predicted octanol–water partition coefficient (Wildman–Crippen LogP) is 4.00. The maximum Gasteiger partial charge on any atom is 0.262 e. The van der Waals surface area contributed by atoms with Crippen LogP contribution in [0.1, 0.15) is 52.9 Å². The van der Waals surface area contributed by atoms with Crippen molar-refractivity contribution < 1.29 is 9.53 Å². The average Bonchev–Trinajstić information content (AvgIpc) is 3.22. The molecule has 6 nitrogen and oxygen atoms in total. The van der Waals surface area contributed by atoms with Crippen LogP contribution in [-0.4, -0.2) is 40.0 Å². The Morgan fingerprint density at radius 3 is 2.83 bits per heavy atom. The molecule has 0 unspecified atom stereocenters. The Morgan fingerprint density at radius 1 is 1.30 bits per heavy atom. The van der Waals surface area contributed by atoms with Gasteiger partial charge in [0.1, 0.15) is 0 Å². The molecule has 0 spiro atoms. The summed E-state index contributed by atoms with van der Waals surface area (Å²) in [5.41, 5.74) is 0.595. The maximum atomic E-state index is 13.1. The molecule has 7 heteroatoms. The number of aromatic nitrogens is 2. The lowest BCUT2D eigenvalue weighted by Crippen LogP contribution is -2.34. The quantitative estimate of drug-likeness (QED) is 0.455. The minimum atomic E-state index is -0.0685. The number of fused-ring (bicyclic) bond motifs is 1. The van der Waals surface area contributed by atoms with E-state index in [4.69, 9.17) is 4.74 Å². The van der Waals surface area contributed by atoms with E-state index in [0.717, 1.165) is 32.3 Å². The molecule has 2 atom stereocenters. The van der Waals surface area contributed by atoms with Crippen molar-refractivity contribution in [3.05, 3.63) is 34.6 Å². The van der Waals surface area contributed by atoms with E-state index < -0.39 is 0 Å². The van der Waals surface area contributed by atoms with Crippen molar-refractivity contribution in [3.63, 3.8) is 0 Å². The predicted molar refractivity (Wildman–Crippen MR) is 122 cm³/mol. The second-order valence-electron chi connectivity index (χ2n) is 8.54. The van der Waals surface area contributed by atoms with Crippen LogP contribution >= 0.6 is 11.8 Å². The van der Waals surface area contributed by atoms with Gasteiger partial charge in [-0.15, -0.1) is 0 Å². The highest BCUT2D eigenvalue weighted by Gasteiger charge is 2.21. The Hall–Kier alpha value is -1.86. The molecule has 0 radical (unpaired) electrons. The largest absolute Gasteiger partial charge is 0.376 e.